The van der Waals surface area contributed by atoms with E-state index in [-0.39, 0.29) is 17.5 Å². The quantitative estimate of drug-likeness (QED) is 0.407. The fourth-order valence-corrected chi connectivity index (χ4v) is 5.77. The van der Waals surface area contributed by atoms with Gasteiger partial charge in [-0.3, -0.25) is 9.47 Å². The van der Waals surface area contributed by atoms with Gasteiger partial charge in [-0.15, -0.1) is 6.58 Å². The highest BCUT2D eigenvalue weighted by Gasteiger charge is 2.32. The molecule has 9 heteroatoms. The molecule has 164 valence electrons. The first-order chi connectivity index (χ1) is 14.4. The molecule has 0 saturated carbocycles. The molecule has 0 aliphatic carbocycles. The van der Waals surface area contributed by atoms with Gasteiger partial charge in [0.1, 0.15) is 5.75 Å². The Hall–Kier alpha value is -1.97. The molecule has 0 spiro atoms. The Kier molecular flexibility index (Phi) is 7.49. The second-order valence-electron chi connectivity index (χ2n) is 7.60. The van der Waals surface area contributed by atoms with Crippen molar-refractivity contribution in [3.05, 3.63) is 41.7 Å². The van der Waals surface area contributed by atoms with Crippen LogP contribution in [0, 0.1) is 4.77 Å². The molecular formula is C21H30N4O3S2. The van der Waals surface area contributed by atoms with Crippen molar-refractivity contribution < 1.29 is 13.2 Å². The monoisotopic (exact) mass is 450 g/mol. The molecule has 1 aliphatic rings. The average Bonchev–Trinajstić information content (AvgIpc) is 3.25. The van der Waals surface area contributed by atoms with Gasteiger partial charge in [-0.2, -0.15) is 5.10 Å². The summed E-state index contributed by atoms with van der Waals surface area (Å²) in [7, 11) is -1.32. The molecule has 1 fully saturated rings. The maximum atomic E-state index is 12.0. The zero-order valence-electron chi connectivity index (χ0n) is 17.7. The number of benzene rings is 1. The highest BCUT2D eigenvalue weighted by molar-refractivity contribution is 7.91. The molecule has 0 bridgehead atoms. The first-order valence-corrected chi connectivity index (χ1v) is 12.5. The summed E-state index contributed by atoms with van der Waals surface area (Å²) in [6.45, 7) is 7.83. The molecule has 1 aliphatic heterocycles. The van der Waals surface area contributed by atoms with Gasteiger partial charge in [0.25, 0.3) is 0 Å². The van der Waals surface area contributed by atoms with Gasteiger partial charge in [-0.1, -0.05) is 19.4 Å². The minimum atomic E-state index is -2.96. The number of methoxy groups -OCH3 is 1. The van der Waals surface area contributed by atoms with Gasteiger partial charge in [0.05, 0.1) is 25.3 Å². The van der Waals surface area contributed by atoms with Gasteiger partial charge in [0, 0.05) is 24.7 Å². The Morgan fingerprint density at radius 1 is 1.37 bits per heavy atom. The number of ether oxygens (including phenoxy) is 1. The molecule has 2 aromatic rings. The van der Waals surface area contributed by atoms with E-state index in [1.54, 1.807) is 17.9 Å². The number of hydrogen-bond acceptors (Lipinski definition) is 6. The number of aromatic nitrogens is 3. The van der Waals surface area contributed by atoms with E-state index in [0.717, 1.165) is 36.5 Å². The summed E-state index contributed by atoms with van der Waals surface area (Å²) in [6.07, 6.45) is 4.51. The second-order valence-corrected chi connectivity index (χ2v) is 10.2. The second kappa shape index (κ2) is 9.89. The smallest absolute Gasteiger partial charge is 0.199 e. The third-order valence-corrected chi connectivity index (χ3v) is 7.60. The fraction of sp³-hybridized carbons (Fsp3) is 0.524. The molecule has 1 saturated heterocycles. The Morgan fingerprint density at radius 2 is 2.10 bits per heavy atom. The highest BCUT2D eigenvalue weighted by Crippen LogP contribution is 2.23. The van der Waals surface area contributed by atoms with Crippen LogP contribution in [0.1, 0.15) is 26.2 Å². The molecule has 0 unspecified atom stereocenters. The van der Waals surface area contributed by atoms with Crippen LogP contribution >= 0.6 is 12.2 Å². The molecular weight excluding hydrogens is 420 g/mol. The van der Waals surface area contributed by atoms with Gasteiger partial charge in [-0.05, 0) is 49.3 Å². The molecule has 30 heavy (non-hydrogen) atoms. The third-order valence-electron chi connectivity index (χ3n) is 5.42. The average molecular weight is 451 g/mol. The molecule has 0 amide bonds. The van der Waals surface area contributed by atoms with Crippen LogP contribution in [0.25, 0.3) is 11.4 Å². The third kappa shape index (κ3) is 5.19. The predicted octanol–water partition coefficient (Wildman–Crippen LogP) is 3.52. The molecule has 0 N–H and O–H groups in total. The number of hydrogen-bond donors (Lipinski definition) is 0. The maximum absolute atomic E-state index is 12.0. The van der Waals surface area contributed by atoms with Gasteiger partial charge in [0.15, 0.2) is 20.4 Å². The van der Waals surface area contributed by atoms with Gasteiger partial charge < -0.3 is 4.74 Å². The van der Waals surface area contributed by atoms with E-state index >= 15 is 0 Å². The maximum Gasteiger partial charge on any atom is 0.199 e. The van der Waals surface area contributed by atoms with Crippen molar-refractivity contribution in [2.45, 2.75) is 45.4 Å². The Bertz CT molecular complexity index is 1030. The number of sulfone groups is 1. The zero-order valence-corrected chi connectivity index (χ0v) is 19.3. The van der Waals surface area contributed by atoms with E-state index in [9.17, 15) is 8.42 Å². The van der Waals surface area contributed by atoms with Crippen molar-refractivity contribution in [2.75, 3.05) is 25.2 Å². The minimum absolute atomic E-state index is 0.0115. The molecule has 1 aromatic carbocycles. The van der Waals surface area contributed by atoms with Crippen LogP contribution in [0.3, 0.4) is 0 Å². The summed E-state index contributed by atoms with van der Waals surface area (Å²) in [6, 6.07) is 7.72. The number of rotatable bonds is 10. The van der Waals surface area contributed by atoms with E-state index in [4.69, 9.17) is 22.1 Å². The summed E-state index contributed by atoms with van der Waals surface area (Å²) in [5, 5.41) is 4.81. The first-order valence-electron chi connectivity index (χ1n) is 10.3. The van der Waals surface area contributed by atoms with Crippen LogP contribution in [0.15, 0.2) is 36.9 Å². The summed E-state index contributed by atoms with van der Waals surface area (Å²) in [5.41, 5.74) is 0.936. The topological polar surface area (TPSA) is 69.4 Å². The lowest BCUT2D eigenvalue weighted by molar-refractivity contribution is 0.152. The Morgan fingerprint density at radius 3 is 2.67 bits per heavy atom. The van der Waals surface area contributed by atoms with Crippen LogP contribution in [0.2, 0.25) is 0 Å². The minimum Gasteiger partial charge on any atom is -0.497 e. The van der Waals surface area contributed by atoms with Gasteiger partial charge in [0.2, 0.25) is 0 Å². The van der Waals surface area contributed by atoms with Crippen molar-refractivity contribution in [2.24, 2.45) is 0 Å². The molecule has 1 aromatic heterocycles. The van der Waals surface area contributed by atoms with Crippen LogP contribution < -0.4 is 4.74 Å². The van der Waals surface area contributed by atoms with Crippen LogP contribution in [0.5, 0.6) is 5.75 Å². The van der Waals surface area contributed by atoms with Gasteiger partial charge >= 0.3 is 0 Å². The largest absolute Gasteiger partial charge is 0.497 e. The fourth-order valence-electron chi connectivity index (χ4n) is 3.75. The van der Waals surface area contributed by atoms with Crippen LogP contribution in [-0.4, -0.2) is 58.9 Å². The SMILES string of the molecule is C=CCn1c(-c2ccc(OC)cc2)nn(CN(CCCC)[C@H]2CCS(=O)(=O)C2)c1=S. The normalized spacial score (nSPS) is 18.0. The highest BCUT2D eigenvalue weighted by atomic mass is 32.2. The van der Waals surface area contributed by atoms with E-state index in [2.05, 4.69) is 18.4 Å². The summed E-state index contributed by atoms with van der Waals surface area (Å²) >= 11 is 5.72. The first kappa shape index (κ1) is 22.7. The van der Waals surface area contributed by atoms with Crippen LogP contribution in [0.4, 0.5) is 0 Å². The van der Waals surface area contributed by atoms with Crippen molar-refractivity contribution in [3.63, 3.8) is 0 Å². The van der Waals surface area contributed by atoms with Crippen molar-refractivity contribution in [1.82, 2.24) is 19.2 Å². The van der Waals surface area contributed by atoms with E-state index in [1.807, 2.05) is 28.8 Å². The van der Waals surface area contributed by atoms with Crippen LogP contribution in [-0.2, 0) is 23.1 Å². The lowest BCUT2D eigenvalue weighted by Crippen LogP contribution is -2.38. The van der Waals surface area contributed by atoms with Crippen molar-refractivity contribution in [1.29, 1.82) is 0 Å². The molecule has 7 nitrogen and oxygen atoms in total. The van der Waals surface area contributed by atoms with E-state index in [0.29, 0.717) is 24.4 Å². The number of allylic oxidation sites excluding steroid dienone is 1. The molecule has 2 heterocycles. The van der Waals surface area contributed by atoms with E-state index < -0.39 is 9.84 Å². The standard InChI is InChI=1S/C21H30N4O3S2/c1-4-6-13-23(18-11-14-30(26,27)15-18)16-25-21(29)24(12-5-2)20(22-25)17-7-9-19(28-3)10-8-17/h5,7-10,18H,2,4,6,11-16H2,1,3H3/t18-/m0/s1. The Balaban J connectivity index is 1.93. The van der Waals surface area contributed by atoms with Gasteiger partial charge in [-0.25, -0.2) is 13.1 Å². The number of nitrogens with zero attached hydrogens (tertiary/aromatic N) is 4. The summed E-state index contributed by atoms with van der Waals surface area (Å²) in [4.78, 5) is 2.22. The predicted molar refractivity (Wildman–Crippen MR) is 122 cm³/mol. The lowest BCUT2D eigenvalue weighted by atomic mass is 10.2. The molecule has 0 radical (unpaired) electrons. The zero-order chi connectivity index (χ0) is 21.7. The Labute approximate surface area is 183 Å². The summed E-state index contributed by atoms with van der Waals surface area (Å²) < 4.78 is 33.7. The van der Waals surface area contributed by atoms with E-state index in [1.165, 1.54) is 0 Å². The summed E-state index contributed by atoms with van der Waals surface area (Å²) in [5.74, 6) is 2.01. The molecule has 3 rings (SSSR count). The van der Waals surface area contributed by atoms with Crippen molar-refractivity contribution in [3.8, 4) is 17.1 Å². The van der Waals surface area contributed by atoms with Crippen molar-refractivity contribution >= 4 is 22.1 Å². The number of unbranched alkanes of at least 4 members (excludes halogenated alkanes) is 1. The molecule has 1 atom stereocenters. The lowest BCUT2D eigenvalue weighted by Gasteiger charge is -2.27.